The Hall–Kier alpha value is -2.66. The monoisotopic (exact) mass is 346 g/mol. The summed E-state index contributed by atoms with van der Waals surface area (Å²) < 4.78 is 11.1. The summed E-state index contributed by atoms with van der Waals surface area (Å²) in [5.74, 6) is 0.460. The average Bonchev–Trinajstić information content (AvgIpc) is 2.59. The van der Waals surface area contributed by atoms with Crippen molar-refractivity contribution in [3.8, 4) is 28.6 Å². The molecule has 6 heteroatoms. The minimum atomic E-state index is -0.674. The highest BCUT2D eigenvalue weighted by Gasteiger charge is 2.17. The van der Waals surface area contributed by atoms with Gasteiger partial charge in [0.05, 0.1) is 6.61 Å². The molecule has 0 aliphatic rings. The first-order valence-corrected chi connectivity index (χ1v) is 7.92. The van der Waals surface area contributed by atoms with Gasteiger partial charge in [0.2, 0.25) is 11.2 Å². The molecule has 0 aliphatic heterocycles. The number of alkyl halides is 1. The van der Waals surface area contributed by atoms with Crippen LogP contribution in [0.2, 0.25) is 0 Å². The van der Waals surface area contributed by atoms with E-state index >= 15 is 0 Å². The first-order chi connectivity index (χ1) is 11.6. The SMILES string of the molecule is O=c1c(O)c(-c2ccc(OCCCCl)cc2)oc2cccc(O)c12. The van der Waals surface area contributed by atoms with Gasteiger partial charge in [-0.1, -0.05) is 6.07 Å². The maximum absolute atomic E-state index is 12.3. The molecule has 24 heavy (non-hydrogen) atoms. The number of hydrogen-bond acceptors (Lipinski definition) is 5. The normalized spacial score (nSPS) is 10.9. The van der Waals surface area contributed by atoms with Crippen LogP contribution >= 0.6 is 11.6 Å². The number of benzene rings is 2. The minimum Gasteiger partial charge on any atom is -0.507 e. The zero-order valence-corrected chi connectivity index (χ0v) is 13.4. The number of ether oxygens (including phenoxy) is 1. The van der Waals surface area contributed by atoms with Crippen molar-refractivity contribution in [1.82, 2.24) is 0 Å². The fraction of sp³-hybridized carbons (Fsp3) is 0.167. The first kappa shape index (κ1) is 16.2. The molecular weight excluding hydrogens is 332 g/mol. The van der Waals surface area contributed by atoms with Crippen molar-refractivity contribution in [1.29, 1.82) is 0 Å². The lowest BCUT2D eigenvalue weighted by atomic mass is 10.1. The molecule has 1 heterocycles. The fourth-order valence-corrected chi connectivity index (χ4v) is 2.46. The minimum absolute atomic E-state index is 0.0419. The van der Waals surface area contributed by atoms with Gasteiger partial charge in [0, 0.05) is 11.4 Å². The molecule has 0 saturated carbocycles. The molecular formula is C18H15ClO5. The van der Waals surface area contributed by atoms with Crippen molar-refractivity contribution >= 4 is 22.6 Å². The smallest absolute Gasteiger partial charge is 0.238 e. The van der Waals surface area contributed by atoms with Gasteiger partial charge >= 0.3 is 0 Å². The fourth-order valence-electron chi connectivity index (χ4n) is 2.36. The number of phenolic OH excluding ortho intramolecular Hbond substituents is 1. The molecule has 0 unspecified atom stereocenters. The van der Waals surface area contributed by atoms with E-state index in [9.17, 15) is 15.0 Å². The summed E-state index contributed by atoms with van der Waals surface area (Å²) in [6.45, 7) is 0.512. The highest BCUT2D eigenvalue weighted by Crippen LogP contribution is 2.33. The zero-order valence-electron chi connectivity index (χ0n) is 12.7. The topological polar surface area (TPSA) is 79.9 Å². The molecule has 0 aliphatic carbocycles. The van der Waals surface area contributed by atoms with E-state index in [1.807, 2.05) is 0 Å². The summed E-state index contributed by atoms with van der Waals surface area (Å²) in [6, 6.07) is 11.3. The van der Waals surface area contributed by atoms with Crippen LogP contribution in [-0.4, -0.2) is 22.7 Å². The molecule has 0 bridgehead atoms. The van der Waals surface area contributed by atoms with Crippen molar-refractivity contribution in [2.75, 3.05) is 12.5 Å². The van der Waals surface area contributed by atoms with E-state index in [2.05, 4.69) is 0 Å². The Bertz CT molecular complexity index is 915. The Kier molecular flexibility index (Phi) is 4.62. The van der Waals surface area contributed by atoms with Crippen LogP contribution in [0.1, 0.15) is 6.42 Å². The average molecular weight is 347 g/mol. The Morgan fingerprint density at radius 2 is 1.83 bits per heavy atom. The molecule has 124 valence electrons. The van der Waals surface area contributed by atoms with Gasteiger partial charge in [0.1, 0.15) is 22.5 Å². The molecule has 1 aromatic heterocycles. The largest absolute Gasteiger partial charge is 0.507 e. The summed E-state index contributed by atoms with van der Waals surface area (Å²) in [5.41, 5.74) is 0.0570. The molecule has 0 saturated heterocycles. The van der Waals surface area contributed by atoms with Gasteiger partial charge in [-0.2, -0.15) is 0 Å². The Balaban J connectivity index is 2.00. The summed E-state index contributed by atoms with van der Waals surface area (Å²) in [6.07, 6.45) is 0.743. The van der Waals surface area contributed by atoms with Crippen LogP contribution in [0.5, 0.6) is 17.2 Å². The van der Waals surface area contributed by atoms with Crippen molar-refractivity contribution in [2.45, 2.75) is 6.42 Å². The summed E-state index contributed by atoms with van der Waals surface area (Å²) >= 11 is 5.60. The lowest BCUT2D eigenvalue weighted by Gasteiger charge is -2.08. The third kappa shape index (κ3) is 3.03. The maximum atomic E-state index is 12.3. The molecule has 0 spiro atoms. The molecule has 2 aromatic carbocycles. The van der Waals surface area contributed by atoms with E-state index in [4.69, 9.17) is 20.8 Å². The van der Waals surface area contributed by atoms with E-state index in [1.54, 1.807) is 36.4 Å². The lowest BCUT2D eigenvalue weighted by molar-refractivity contribution is 0.318. The zero-order chi connectivity index (χ0) is 17.1. The Labute approximate surface area is 142 Å². The van der Waals surface area contributed by atoms with E-state index in [0.29, 0.717) is 23.8 Å². The van der Waals surface area contributed by atoms with Gasteiger partial charge < -0.3 is 19.4 Å². The quantitative estimate of drug-likeness (QED) is 0.541. The van der Waals surface area contributed by atoms with Gasteiger partial charge in [-0.3, -0.25) is 4.79 Å². The first-order valence-electron chi connectivity index (χ1n) is 7.39. The standard InChI is InChI=1S/C18H15ClO5/c19-9-2-10-23-12-7-5-11(6-8-12)18-17(22)16(21)15-13(20)3-1-4-14(15)24-18/h1,3-8,20,22H,2,9-10H2. The van der Waals surface area contributed by atoms with E-state index in [1.165, 1.54) is 6.07 Å². The van der Waals surface area contributed by atoms with Gasteiger partial charge in [0.15, 0.2) is 5.76 Å². The molecule has 0 atom stereocenters. The van der Waals surface area contributed by atoms with Gasteiger partial charge in [-0.15, -0.1) is 11.6 Å². The van der Waals surface area contributed by atoms with Crippen LogP contribution in [0.4, 0.5) is 0 Å². The Morgan fingerprint density at radius 3 is 2.54 bits per heavy atom. The van der Waals surface area contributed by atoms with Crippen LogP contribution in [0.15, 0.2) is 51.7 Å². The number of hydrogen-bond donors (Lipinski definition) is 2. The molecule has 2 N–H and O–H groups in total. The molecule has 0 radical (unpaired) electrons. The number of fused-ring (bicyclic) bond motifs is 1. The summed E-state index contributed by atoms with van der Waals surface area (Å²) in [4.78, 5) is 12.3. The second-order valence-corrected chi connectivity index (χ2v) is 5.55. The van der Waals surface area contributed by atoms with E-state index < -0.39 is 11.2 Å². The molecule has 5 nitrogen and oxygen atoms in total. The van der Waals surface area contributed by atoms with Crippen LogP contribution in [0.3, 0.4) is 0 Å². The third-order valence-corrected chi connectivity index (χ3v) is 3.80. The number of aromatic hydroxyl groups is 2. The third-order valence-electron chi connectivity index (χ3n) is 3.54. The molecule has 3 rings (SSSR count). The highest BCUT2D eigenvalue weighted by atomic mass is 35.5. The lowest BCUT2D eigenvalue weighted by Crippen LogP contribution is -2.03. The summed E-state index contributed by atoms with van der Waals surface area (Å²) in [7, 11) is 0. The van der Waals surface area contributed by atoms with Gasteiger partial charge in [0.25, 0.3) is 0 Å². The predicted molar refractivity (Wildman–Crippen MR) is 92.1 cm³/mol. The maximum Gasteiger partial charge on any atom is 0.238 e. The van der Waals surface area contributed by atoms with Crippen molar-refractivity contribution in [3.05, 3.63) is 52.7 Å². The van der Waals surface area contributed by atoms with Crippen LogP contribution < -0.4 is 10.2 Å². The van der Waals surface area contributed by atoms with Crippen LogP contribution in [0.25, 0.3) is 22.3 Å². The predicted octanol–water partition coefficient (Wildman–Crippen LogP) is 3.88. The van der Waals surface area contributed by atoms with Crippen LogP contribution in [0, 0.1) is 0 Å². The van der Waals surface area contributed by atoms with E-state index in [-0.39, 0.29) is 22.5 Å². The van der Waals surface area contributed by atoms with Crippen LogP contribution in [-0.2, 0) is 0 Å². The van der Waals surface area contributed by atoms with Crippen molar-refractivity contribution in [2.24, 2.45) is 0 Å². The Morgan fingerprint density at radius 1 is 1.08 bits per heavy atom. The number of phenols is 1. The molecule has 3 aromatic rings. The number of halogens is 1. The van der Waals surface area contributed by atoms with Crippen molar-refractivity contribution in [3.63, 3.8) is 0 Å². The molecule has 0 fully saturated rings. The highest BCUT2D eigenvalue weighted by molar-refractivity contribution is 6.17. The molecule has 0 amide bonds. The van der Waals surface area contributed by atoms with E-state index in [0.717, 1.165) is 6.42 Å². The van der Waals surface area contributed by atoms with Gasteiger partial charge in [-0.05, 0) is 42.8 Å². The summed E-state index contributed by atoms with van der Waals surface area (Å²) in [5, 5.41) is 19.9. The van der Waals surface area contributed by atoms with Crippen molar-refractivity contribution < 1.29 is 19.4 Å². The second-order valence-electron chi connectivity index (χ2n) is 5.17. The second kappa shape index (κ2) is 6.84. The van der Waals surface area contributed by atoms with Gasteiger partial charge in [-0.25, -0.2) is 0 Å². The number of rotatable bonds is 5.